The van der Waals surface area contributed by atoms with E-state index in [1.807, 2.05) is 30.0 Å². The lowest BCUT2D eigenvalue weighted by Gasteiger charge is -2.10. The minimum absolute atomic E-state index is 0.251. The molecule has 0 bridgehead atoms. The number of carbonyl (C=O) groups excluding carboxylic acids is 1. The maximum absolute atomic E-state index is 11.2. The van der Waals surface area contributed by atoms with E-state index in [9.17, 15) is 4.79 Å². The summed E-state index contributed by atoms with van der Waals surface area (Å²) in [6.07, 6.45) is 1.95. The molecule has 0 N–H and O–H groups in total. The highest BCUT2D eigenvalue weighted by Crippen LogP contribution is 2.21. The Labute approximate surface area is 96.3 Å². The summed E-state index contributed by atoms with van der Waals surface area (Å²) in [6, 6.07) is 10.3. The van der Waals surface area contributed by atoms with Crippen molar-refractivity contribution in [1.29, 1.82) is 0 Å². The van der Waals surface area contributed by atoms with Crippen LogP contribution in [-0.2, 0) is 4.79 Å². The highest BCUT2D eigenvalue weighted by Gasteiger charge is 2.10. The molecule has 2 heteroatoms. The van der Waals surface area contributed by atoms with Crippen LogP contribution in [0.4, 0.5) is 0 Å². The van der Waals surface area contributed by atoms with Crippen molar-refractivity contribution in [3.8, 4) is 0 Å². The van der Waals surface area contributed by atoms with Crippen LogP contribution >= 0.6 is 11.8 Å². The molecular formula is C13H18OS. The van der Waals surface area contributed by atoms with Crippen LogP contribution in [0.15, 0.2) is 35.2 Å². The molecule has 15 heavy (non-hydrogen) atoms. The molecule has 1 aromatic rings. The van der Waals surface area contributed by atoms with Crippen LogP contribution in [0.1, 0.15) is 26.7 Å². The molecule has 0 fully saturated rings. The zero-order valence-corrected chi connectivity index (χ0v) is 10.2. The molecule has 1 aromatic carbocycles. The topological polar surface area (TPSA) is 17.1 Å². The number of hydrogen-bond donors (Lipinski definition) is 0. The maximum atomic E-state index is 11.2. The van der Waals surface area contributed by atoms with Crippen LogP contribution in [0.25, 0.3) is 0 Å². The first-order valence-corrected chi connectivity index (χ1v) is 6.41. The summed E-state index contributed by atoms with van der Waals surface area (Å²) in [6.45, 7) is 3.78. The standard InChI is InChI=1S/C13H18OS/c1-3-12(11(2)14)9-10-15-13-7-5-4-6-8-13/h4-8,12H,3,9-10H2,1-2H3. The van der Waals surface area contributed by atoms with Gasteiger partial charge in [-0.25, -0.2) is 0 Å². The minimum Gasteiger partial charge on any atom is -0.300 e. The lowest BCUT2D eigenvalue weighted by atomic mass is 10.00. The van der Waals surface area contributed by atoms with E-state index in [1.54, 1.807) is 6.92 Å². The van der Waals surface area contributed by atoms with E-state index in [1.165, 1.54) is 4.90 Å². The SMILES string of the molecule is CCC(CCSc1ccccc1)C(C)=O. The maximum Gasteiger partial charge on any atom is 0.132 e. The second-order valence-electron chi connectivity index (χ2n) is 3.67. The highest BCUT2D eigenvalue weighted by atomic mass is 32.2. The molecule has 0 radical (unpaired) electrons. The summed E-state index contributed by atoms with van der Waals surface area (Å²) in [4.78, 5) is 12.5. The monoisotopic (exact) mass is 222 g/mol. The van der Waals surface area contributed by atoms with Gasteiger partial charge in [-0.15, -0.1) is 11.8 Å². The lowest BCUT2D eigenvalue weighted by Crippen LogP contribution is -2.10. The predicted octanol–water partition coefficient (Wildman–Crippen LogP) is 3.78. The van der Waals surface area contributed by atoms with E-state index in [-0.39, 0.29) is 5.92 Å². The van der Waals surface area contributed by atoms with Crippen LogP contribution in [0.2, 0.25) is 0 Å². The Balaban J connectivity index is 2.30. The third-order valence-electron chi connectivity index (χ3n) is 2.55. The van der Waals surface area contributed by atoms with Gasteiger partial charge in [-0.2, -0.15) is 0 Å². The summed E-state index contributed by atoms with van der Waals surface area (Å²) < 4.78 is 0. The lowest BCUT2D eigenvalue weighted by molar-refractivity contribution is -0.120. The zero-order valence-electron chi connectivity index (χ0n) is 9.40. The van der Waals surface area contributed by atoms with Crippen molar-refractivity contribution in [3.63, 3.8) is 0 Å². The van der Waals surface area contributed by atoms with Gasteiger partial charge in [0, 0.05) is 10.8 Å². The van der Waals surface area contributed by atoms with Crippen molar-refractivity contribution in [2.75, 3.05) is 5.75 Å². The summed E-state index contributed by atoms with van der Waals surface area (Å²) in [7, 11) is 0. The fourth-order valence-electron chi connectivity index (χ4n) is 1.53. The zero-order chi connectivity index (χ0) is 11.1. The number of benzene rings is 1. The Hall–Kier alpha value is -0.760. The Morgan fingerprint density at radius 2 is 2.00 bits per heavy atom. The van der Waals surface area contributed by atoms with E-state index in [0.29, 0.717) is 5.78 Å². The minimum atomic E-state index is 0.251. The highest BCUT2D eigenvalue weighted by molar-refractivity contribution is 7.99. The molecule has 0 aliphatic rings. The van der Waals surface area contributed by atoms with E-state index in [4.69, 9.17) is 0 Å². The van der Waals surface area contributed by atoms with Gasteiger partial charge in [-0.1, -0.05) is 25.1 Å². The van der Waals surface area contributed by atoms with Crippen molar-refractivity contribution in [2.45, 2.75) is 31.6 Å². The van der Waals surface area contributed by atoms with E-state index < -0.39 is 0 Å². The number of carbonyl (C=O) groups is 1. The largest absolute Gasteiger partial charge is 0.300 e. The van der Waals surface area contributed by atoms with Crippen LogP contribution < -0.4 is 0 Å². The van der Waals surface area contributed by atoms with Gasteiger partial charge >= 0.3 is 0 Å². The predicted molar refractivity (Wildman–Crippen MR) is 66.2 cm³/mol. The van der Waals surface area contributed by atoms with E-state index in [0.717, 1.165) is 18.6 Å². The second kappa shape index (κ2) is 6.67. The van der Waals surface area contributed by atoms with E-state index >= 15 is 0 Å². The fourth-order valence-corrected chi connectivity index (χ4v) is 2.52. The van der Waals surface area contributed by atoms with Gasteiger partial charge in [-0.05, 0) is 37.7 Å². The molecule has 0 saturated heterocycles. The molecule has 82 valence electrons. The van der Waals surface area contributed by atoms with Gasteiger partial charge < -0.3 is 0 Å². The van der Waals surface area contributed by atoms with Gasteiger partial charge in [0.15, 0.2) is 0 Å². The first-order chi connectivity index (χ1) is 7.24. The van der Waals surface area contributed by atoms with E-state index in [2.05, 4.69) is 19.1 Å². The van der Waals surface area contributed by atoms with Crippen LogP contribution in [0, 0.1) is 5.92 Å². The fraction of sp³-hybridized carbons (Fsp3) is 0.462. The first-order valence-electron chi connectivity index (χ1n) is 5.42. The third kappa shape index (κ3) is 4.52. The van der Waals surface area contributed by atoms with Crippen molar-refractivity contribution >= 4 is 17.5 Å². The van der Waals surface area contributed by atoms with Crippen molar-refractivity contribution in [3.05, 3.63) is 30.3 Å². The Morgan fingerprint density at radius 1 is 1.33 bits per heavy atom. The van der Waals surface area contributed by atoms with Gasteiger partial charge in [0.05, 0.1) is 0 Å². The number of hydrogen-bond acceptors (Lipinski definition) is 2. The Bertz CT molecular complexity index is 295. The smallest absolute Gasteiger partial charge is 0.132 e. The van der Waals surface area contributed by atoms with Gasteiger partial charge in [0.25, 0.3) is 0 Å². The molecule has 0 aliphatic carbocycles. The number of rotatable bonds is 6. The van der Waals surface area contributed by atoms with Gasteiger partial charge in [-0.3, -0.25) is 4.79 Å². The van der Waals surface area contributed by atoms with Gasteiger partial charge in [0.1, 0.15) is 5.78 Å². The molecule has 0 aliphatic heterocycles. The normalized spacial score (nSPS) is 12.4. The Kier molecular flexibility index (Phi) is 5.48. The summed E-state index contributed by atoms with van der Waals surface area (Å²) in [5.41, 5.74) is 0. The second-order valence-corrected chi connectivity index (χ2v) is 4.83. The van der Waals surface area contributed by atoms with Crippen LogP contribution in [0.5, 0.6) is 0 Å². The van der Waals surface area contributed by atoms with Crippen molar-refractivity contribution < 1.29 is 4.79 Å². The molecule has 0 aromatic heterocycles. The molecular weight excluding hydrogens is 204 g/mol. The van der Waals surface area contributed by atoms with Gasteiger partial charge in [0.2, 0.25) is 0 Å². The molecule has 0 saturated carbocycles. The van der Waals surface area contributed by atoms with Crippen LogP contribution in [-0.4, -0.2) is 11.5 Å². The third-order valence-corrected chi connectivity index (χ3v) is 3.59. The average molecular weight is 222 g/mol. The van der Waals surface area contributed by atoms with Crippen molar-refractivity contribution in [2.24, 2.45) is 5.92 Å². The number of Topliss-reactive ketones (excluding diaryl/α,β-unsaturated/α-hetero) is 1. The quantitative estimate of drug-likeness (QED) is 0.681. The molecule has 1 atom stereocenters. The Morgan fingerprint density at radius 3 is 2.53 bits per heavy atom. The summed E-state index contributed by atoms with van der Waals surface area (Å²) in [5.74, 6) is 1.61. The summed E-state index contributed by atoms with van der Waals surface area (Å²) in [5, 5.41) is 0. The number of thioether (sulfide) groups is 1. The molecule has 0 heterocycles. The molecule has 1 rings (SSSR count). The molecule has 1 unspecified atom stereocenters. The molecule has 0 amide bonds. The molecule has 1 nitrogen and oxygen atoms in total. The average Bonchev–Trinajstić information content (AvgIpc) is 2.25. The first kappa shape index (κ1) is 12.3. The van der Waals surface area contributed by atoms with Crippen molar-refractivity contribution in [1.82, 2.24) is 0 Å². The number of ketones is 1. The summed E-state index contributed by atoms with van der Waals surface area (Å²) >= 11 is 1.83. The van der Waals surface area contributed by atoms with Crippen LogP contribution in [0.3, 0.4) is 0 Å². The molecule has 0 spiro atoms.